The Labute approximate surface area is 184 Å². The number of carbonyl (C=O) groups is 1. The molecule has 1 aliphatic rings. The fraction of sp³-hybridized carbons (Fsp3) is 0.308. The number of nitrogens with zero attached hydrogens (tertiary/aromatic N) is 3. The van der Waals surface area contributed by atoms with Crippen LogP contribution in [0.5, 0.6) is 0 Å². The van der Waals surface area contributed by atoms with E-state index in [1.54, 1.807) is 0 Å². The third-order valence-corrected chi connectivity index (χ3v) is 5.87. The van der Waals surface area contributed by atoms with Crippen LogP contribution >= 0.6 is 0 Å². The van der Waals surface area contributed by atoms with Crippen LogP contribution in [0, 0.1) is 6.92 Å². The van der Waals surface area contributed by atoms with Crippen LogP contribution in [-0.4, -0.2) is 54.1 Å². The van der Waals surface area contributed by atoms with Crippen molar-refractivity contribution >= 4 is 22.4 Å². The van der Waals surface area contributed by atoms with E-state index in [2.05, 4.69) is 75.8 Å². The number of hydrogen-bond donors (Lipinski definition) is 1. The summed E-state index contributed by atoms with van der Waals surface area (Å²) in [5, 5.41) is 6.69. The van der Waals surface area contributed by atoms with Gasteiger partial charge in [0.1, 0.15) is 0 Å². The Hall–Kier alpha value is -3.02. The molecule has 31 heavy (non-hydrogen) atoms. The van der Waals surface area contributed by atoms with Crippen LogP contribution in [0.4, 0.5) is 0 Å². The van der Waals surface area contributed by atoms with Crippen LogP contribution in [0.3, 0.4) is 0 Å². The number of nitrogens with one attached hydrogen (secondary N) is 1. The summed E-state index contributed by atoms with van der Waals surface area (Å²) in [7, 11) is 0. The Kier molecular flexibility index (Phi) is 6.75. The van der Waals surface area contributed by atoms with Crippen molar-refractivity contribution in [3.8, 4) is 0 Å². The smallest absolute Gasteiger partial charge is 0.254 e. The fourth-order valence-electron chi connectivity index (χ4n) is 3.92. The molecule has 1 saturated heterocycles. The summed E-state index contributed by atoms with van der Waals surface area (Å²) in [6.07, 6.45) is 0. The topological polar surface area (TPSA) is 47.9 Å². The first-order valence-electron chi connectivity index (χ1n) is 10.9. The highest BCUT2D eigenvalue weighted by atomic mass is 16.2. The largest absolute Gasteiger partial charge is 0.297 e. The van der Waals surface area contributed by atoms with E-state index in [-0.39, 0.29) is 5.91 Å². The first kappa shape index (κ1) is 21.2. The van der Waals surface area contributed by atoms with Gasteiger partial charge in [-0.1, -0.05) is 66.2 Å². The van der Waals surface area contributed by atoms with Crippen LogP contribution in [0.2, 0.25) is 0 Å². The molecule has 5 heteroatoms. The van der Waals surface area contributed by atoms with Crippen LogP contribution in [0.15, 0.2) is 71.8 Å². The molecule has 3 aromatic rings. The maximum absolute atomic E-state index is 12.4. The number of amides is 1. The number of aryl methyl sites for hydroxylation is 1. The van der Waals surface area contributed by atoms with E-state index in [9.17, 15) is 4.79 Å². The molecule has 0 atom stereocenters. The van der Waals surface area contributed by atoms with Crippen LogP contribution < -0.4 is 5.43 Å². The molecule has 1 aliphatic heterocycles. The summed E-state index contributed by atoms with van der Waals surface area (Å²) in [4.78, 5) is 17.0. The van der Waals surface area contributed by atoms with Gasteiger partial charge >= 0.3 is 0 Å². The van der Waals surface area contributed by atoms with E-state index in [4.69, 9.17) is 0 Å². The average Bonchev–Trinajstić information content (AvgIpc) is 2.80. The zero-order chi connectivity index (χ0) is 21.6. The maximum atomic E-state index is 12.4. The molecule has 160 valence electrons. The van der Waals surface area contributed by atoms with Gasteiger partial charge < -0.3 is 0 Å². The summed E-state index contributed by atoms with van der Waals surface area (Å²) >= 11 is 0. The minimum absolute atomic E-state index is 0.0628. The first-order valence-corrected chi connectivity index (χ1v) is 10.9. The zero-order valence-corrected chi connectivity index (χ0v) is 18.3. The molecular formula is C26H30N4O. The van der Waals surface area contributed by atoms with E-state index >= 15 is 0 Å². The second kappa shape index (κ2) is 9.86. The summed E-state index contributed by atoms with van der Waals surface area (Å²) in [5.41, 5.74) is 7.18. The van der Waals surface area contributed by atoms with Crippen molar-refractivity contribution in [2.45, 2.75) is 20.4 Å². The Balaban J connectivity index is 1.24. The molecule has 4 rings (SSSR count). The normalized spacial score (nSPS) is 15.9. The van der Waals surface area contributed by atoms with Gasteiger partial charge in [0, 0.05) is 32.7 Å². The van der Waals surface area contributed by atoms with Crippen LogP contribution in [-0.2, 0) is 11.3 Å². The molecule has 5 nitrogen and oxygen atoms in total. The van der Waals surface area contributed by atoms with Crippen LogP contribution in [0.25, 0.3) is 10.8 Å². The molecule has 0 aromatic heterocycles. The predicted molar refractivity (Wildman–Crippen MR) is 127 cm³/mol. The van der Waals surface area contributed by atoms with Gasteiger partial charge in [-0.2, -0.15) is 5.10 Å². The number of rotatable bonds is 6. The SMILES string of the molecule is C/C(=N/NC(=O)CN1CCN(Cc2ccc(C)cc2)CC1)c1ccc2ccccc2c1. The maximum Gasteiger partial charge on any atom is 0.254 e. The molecule has 0 unspecified atom stereocenters. The number of piperazine rings is 1. The Morgan fingerprint density at radius 2 is 1.58 bits per heavy atom. The molecule has 1 N–H and O–H groups in total. The van der Waals surface area contributed by atoms with Crippen molar-refractivity contribution in [1.29, 1.82) is 0 Å². The highest BCUT2D eigenvalue weighted by molar-refractivity contribution is 6.02. The minimum atomic E-state index is -0.0628. The summed E-state index contributed by atoms with van der Waals surface area (Å²) in [6, 6.07) is 23.2. The highest BCUT2D eigenvalue weighted by Crippen LogP contribution is 2.16. The lowest BCUT2D eigenvalue weighted by Crippen LogP contribution is -2.48. The number of carbonyl (C=O) groups excluding carboxylic acids is 1. The molecule has 1 amide bonds. The van der Waals surface area contributed by atoms with Crippen molar-refractivity contribution in [1.82, 2.24) is 15.2 Å². The molecule has 0 radical (unpaired) electrons. The molecule has 0 aliphatic carbocycles. The van der Waals surface area contributed by atoms with E-state index in [1.807, 2.05) is 25.1 Å². The average molecular weight is 415 g/mol. The van der Waals surface area contributed by atoms with E-state index in [0.29, 0.717) is 6.54 Å². The van der Waals surface area contributed by atoms with Gasteiger partial charge in [-0.05, 0) is 41.8 Å². The fourth-order valence-corrected chi connectivity index (χ4v) is 3.92. The summed E-state index contributed by atoms with van der Waals surface area (Å²) < 4.78 is 0. The molecule has 1 fully saturated rings. The third kappa shape index (κ3) is 5.78. The number of benzene rings is 3. The van der Waals surface area contributed by atoms with Gasteiger partial charge in [0.25, 0.3) is 5.91 Å². The monoisotopic (exact) mass is 414 g/mol. The van der Waals surface area contributed by atoms with Gasteiger partial charge in [0.15, 0.2) is 0 Å². The lowest BCUT2D eigenvalue weighted by Gasteiger charge is -2.34. The van der Waals surface area contributed by atoms with Crippen molar-refractivity contribution in [2.24, 2.45) is 5.10 Å². The zero-order valence-electron chi connectivity index (χ0n) is 18.3. The molecular weight excluding hydrogens is 384 g/mol. The second-order valence-corrected chi connectivity index (χ2v) is 8.33. The van der Waals surface area contributed by atoms with E-state index in [0.717, 1.165) is 44.0 Å². The van der Waals surface area contributed by atoms with Crippen molar-refractivity contribution < 1.29 is 4.79 Å². The van der Waals surface area contributed by atoms with Crippen LogP contribution in [0.1, 0.15) is 23.6 Å². The third-order valence-electron chi connectivity index (χ3n) is 5.87. The lowest BCUT2D eigenvalue weighted by molar-refractivity contribution is -0.122. The lowest BCUT2D eigenvalue weighted by atomic mass is 10.0. The minimum Gasteiger partial charge on any atom is -0.297 e. The Morgan fingerprint density at radius 1 is 0.903 bits per heavy atom. The van der Waals surface area contributed by atoms with E-state index in [1.165, 1.54) is 21.9 Å². The van der Waals surface area contributed by atoms with Gasteiger partial charge in [0.2, 0.25) is 0 Å². The van der Waals surface area contributed by atoms with Gasteiger partial charge in [-0.3, -0.25) is 14.6 Å². The van der Waals surface area contributed by atoms with Crippen molar-refractivity contribution in [3.63, 3.8) is 0 Å². The number of hydrogen-bond acceptors (Lipinski definition) is 4. The standard InChI is InChI=1S/C26H30N4O/c1-20-7-9-22(10-8-20)18-29-13-15-30(16-14-29)19-26(31)28-27-21(2)24-12-11-23-5-3-4-6-25(23)17-24/h3-12,17H,13-16,18-19H2,1-2H3,(H,28,31)/b27-21-. The Bertz CT molecular complexity index is 1070. The molecule has 0 spiro atoms. The highest BCUT2D eigenvalue weighted by Gasteiger charge is 2.19. The number of fused-ring (bicyclic) bond motifs is 1. The van der Waals surface area contributed by atoms with Gasteiger partial charge in [-0.25, -0.2) is 5.43 Å². The van der Waals surface area contributed by atoms with E-state index < -0.39 is 0 Å². The quantitative estimate of drug-likeness (QED) is 0.493. The molecule has 0 bridgehead atoms. The Morgan fingerprint density at radius 3 is 2.32 bits per heavy atom. The second-order valence-electron chi connectivity index (χ2n) is 8.33. The predicted octanol–water partition coefficient (Wildman–Crippen LogP) is 3.81. The summed E-state index contributed by atoms with van der Waals surface area (Å²) in [5.74, 6) is -0.0628. The van der Waals surface area contributed by atoms with Gasteiger partial charge in [-0.15, -0.1) is 0 Å². The molecule has 3 aromatic carbocycles. The summed E-state index contributed by atoms with van der Waals surface area (Å²) in [6.45, 7) is 9.12. The first-order chi connectivity index (χ1) is 15.1. The number of hydrazone groups is 1. The van der Waals surface area contributed by atoms with Gasteiger partial charge in [0.05, 0.1) is 12.3 Å². The van der Waals surface area contributed by atoms with Crippen molar-refractivity contribution in [3.05, 3.63) is 83.4 Å². The van der Waals surface area contributed by atoms with Crippen molar-refractivity contribution in [2.75, 3.05) is 32.7 Å². The molecule has 1 heterocycles. The molecule has 0 saturated carbocycles.